The van der Waals surface area contributed by atoms with Crippen molar-refractivity contribution in [1.29, 1.82) is 0 Å². The van der Waals surface area contributed by atoms with Gasteiger partial charge in [-0.3, -0.25) is 18.9 Å². The van der Waals surface area contributed by atoms with Gasteiger partial charge in [0.05, 0.1) is 6.54 Å². The van der Waals surface area contributed by atoms with Crippen molar-refractivity contribution in [3.8, 4) is 0 Å². The molecule has 0 heterocycles. The first-order chi connectivity index (χ1) is 17.9. The van der Waals surface area contributed by atoms with Crippen LogP contribution >= 0.6 is 7.60 Å². The molecule has 0 saturated carbocycles. The molecule has 5 N–H and O–H groups in total. The molecule has 2 aromatic carbocycles. The number of hydrogen-bond donors (Lipinski definition) is 5. The van der Waals surface area contributed by atoms with Crippen molar-refractivity contribution in [3.05, 3.63) is 71.8 Å². The second kappa shape index (κ2) is 14.4. The van der Waals surface area contributed by atoms with Gasteiger partial charge in [-0.2, -0.15) is 0 Å². The van der Waals surface area contributed by atoms with Gasteiger partial charge in [-0.25, -0.2) is 9.69 Å². The van der Waals surface area contributed by atoms with Gasteiger partial charge in [-0.1, -0.05) is 60.7 Å². The van der Waals surface area contributed by atoms with Gasteiger partial charge >= 0.3 is 13.7 Å². The standard InChI is InChI=1S/C25H33N4O8P/c1-17(27-22(30)15-26-14-20-10-6-4-7-11-20)24(32)29(18(2)23(31)28-19(3)38(34,35)36)25(33)37-16-21-12-8-5-9-13-21/h4-13,17-19,26H,14-16H2,1-3H3,(H,27,30)(H,28,31)(H2,34,35,36)/t17-,18-,19+/m0/s1. The van der Waals surface area contributed by atoms with Gasteiger partial charge in [0.2, 0.25) is 11.8 Å². The molecule has 2 aromatic rings. The van der Waals surface area contributed by atoms with Crippen molar-refractivity contribution in [2.45, 2.75) is 51.8 Å². The number of carbonyl (C=O) groups is 4. The maximum absolute atomic E-state index is 13.2. The summed E-state index contributed by atoms with van der Waals surface area (Å²) >= 11 is 0. The van der Waals surface area contributed by atoms with E-state index < -0.39 is 49.3 Å². The summed E-state index contributed by atoms with van der Waals surface area (Å²) in [5.74, 6) is -4.01. The fourth-order valence-corrected chi connectivity index (χ4v) is 3.53. The van der Waals surface area contributed by atoms with Crippen molar-refractivity contribution < 1.29 is 38.3 Å². The van der Waals surface area contributed by atoms with Crippen molar-refractivity contribution >= 4 is 31.4 Å². The molecule has 0 unspecified atom stereocenters. The Bertz CT molecular complexity index is 1140. The number of benzene rings is 2. The Hall–Kier alpha value is -3.57. The van der Waals surface area contributed by atoms with E-state index in [0.717, 1.165) is 12.5 Å². The van der Waals surface area contributed by atoms with E-state index >= 15 is 0 Å². The van der Waals surface area contributed by atoms with E-state index in [2.05, 4.69) is 16.0 Å². The molecule has 0 bridgehead atoms. The molecule has 4 amide bonds. The average Bonchev–Trinajstić information content (AvgIpc) is 2.88. The third-order valence-electron chi connectivity index (χ3n) is 5.47. The first kappa shape index (κ1) is 30.7. The van der Waals surface area contributed by atoms with Gasteiger partial charge < -0.3 is 30.5 Å². The van der Waals surface area contributed by atoms with E-state index in [1.54, 1.807) is 30.3 Å². The molecule has 2 rings (SSSR count). The molecular formula is C25H33N4O8P. The number of imide groups is 1. The lowest BCUT2D eigenvalue weighted by Gasteiger charge is -2.29. The molecule has 0 aliphatic rings. The number of nitrogens with zero attached hydrogens (tertiary/aromatic N) is 1. The minimum absolute atomic E-state index is 0.110. The number of nitrogens with one attached hydrogen (secondary N) is 3. The largest absolute Gasteiger partial charge is 0.444 e. The number of ether oxygens (including phenoxy) is 1. The Morgan fingerprint density at radius 1 is 0.895 bits per heavy atom. The van der Waals surface area contributed by atoms with Crippen molar-refractivity contribution in [2.75, 3.05) is 6.54 Å². The Morgan fingerprint density at radius 2 is 1.45 bits per heavy atom. The summed E-state index contributed by atoms with van der Waals surface area (Å²) < 4.78 is 16.7. The van der Waals surface area contributed by atoms with Crippen LogP contribution < -0.4 is 16.0 Å². The van der Waals surface area contributed by atoms with E-state index in [1.807, 2.05) is 30.3 Å². The minimum atomic E-state index is -4.67. The molecule has 0 aliphatic heterocycles. The first-order valence-corrected chi connectivity index (χ1v) is 13.5. The van der Waals surface area contributed by atoms with Gasteiger partial charge in [-0.05, 0) is 31.9 Å². The number of carbonyl (C=O) groups excluding carboxylic acids is 4. The summed E-state index contributed by atoms with van der Waals surface area (Å²) in [7, 11) is -4.67. The number of amides is 4. The second-order valence-corrected chi connectivity index (χ2v) is 10.5. The highest BCUT2D eigenvalue weighted by Gasteiger charge is 2.37. The SMILES string of the molecule is C[C@H](NC(=O)CNCc1ccccc1)C(=O)N(C(=O)OCc1ccccc1)[C@@H](C)C(=O)N[C@@H](C)P(=O)(O)O. The molecule has 0 saturated heterocycles. The predicted octanol–water partition coefficient (Wildman–Crippen LogP) is 1.47. The summed E-state index contributed by atoms with van der Waals surface area (Å²) in [6.45, 7) is 3.76. The zero-order valence-electron chi connectivity index (χ0n) is 21.4. The van der Waals surface area contributed by atoms with Crippen LogP contribution in [0.3, 0.4) is 0 Å². The molecule has 3 atom stereocenters. The van der Waals surface area contributed by atoms with E-state index in [1.165, 1.54) is 13.8 Å². The third kappa shape index (κ3) is 9.71. The quantitative estimate of drug-likeness (QED) is 0.246. The highest BCUT2D eigenvalue weighted by atomic mass is 31.2. The lowest BCUT2D eigenvalue weighted by molar-refractivity contribution is -0.140. The van der Waals surface area contributed by atoms with Gasteiger partial charge in [0.25, 0.3) is 5.91 Å². The summed E-state index contributed by atoms with van der Waals surface area (Å²) in [5.41, 5.74) is 1.59. The van der Waals surface area contributed by atoms with Crippen molar-refractivity contribution in [3.63, 3.8) is 0 Å². The number of rotatable bonds is 12. The van der Waals surface area contributed by atoms with E-state index in [4.69, 9.17) is 4.74 Å². The molecule has 206 valence electrons. The molecule has 0 aliphatic carbocycles. The van der Waals surface area contributed by atoms with Gasteiger partial charge in [0, 0.05) is 6.54 Å². The van der Waals surface area contributed by atoms with Crippen molar-refractivity contribution in [1.82, 2.24) is 20.9 Å². The van der Waals surface area contributed by atoms with Crippen LogP contribution in [0.4, 0.5) is 4.79 Å². The maximum atomic E-state index is 13.2. The fourth-order valence-electron chi connectivity index (χ4n) is 3.23. The van der Waals surface area contributed by atoms with Gasteiger partial charge in [0.15, 0.2) is 0 Å². The highest BCUT2D eigenvalue weighted by molar-refractivity contribution is 7.52. The second-order valence-electron chi connectivity index (χ2n) is 8.58. The molecular weight excluding hydrogens is 515 g/mol. The number of hydrogen-bond acceptors (Lipinski definition) is 7. The maximum Gasteiger partial charge on any atom is 0.417 e. The summed E-state index contributed by atoms with van der Waals surface area (Å²) in [5, 5.41) is 7.53. The smallest absolute Gasteiger partial charge is 0.417 e. The Kier molecular flexibility index (Phi) is 11.6. The molecule has 13 heteroatoms. The Balaban J connectivity index is 2.08. The van der Waals surface area contributed by atoms with Crippen LogP contribution in [0.5, 0.6) is 0 Å². The van der Waals surface area contributed by atoms with E-state index in [-0.39, 0.29) is 13.2 Å². The lowest BCUT2D eigenvalue weighted by atomic mass is 10.2. The van der Waals surface area contributed by atoms with E-state index in [9.17, 15) is 33.5 Å². The highest BCUT2D eigenvalue weighted by Crippen LogP contribution is 2.39. The fraction of sp³-hybridized carbons (Fsp3) is 0.360. The zero-order valence-corrected chi connectivity index (χ0v) is 22.3. The Labute approximate surface area is 220 Å². The molecule has 0 fully saturated rings. The van der Waals surface area contributed by atoms with Gasteiger partial charge in [0.1, 0.15) is 24.5 Å². The molecule has 12 nitrogen and oxygen atoms in total. The monoisotopic (exact) mass is 548 g/mol. The van der Waals surface area contributed by atoms with Crippen LogP contribution in [0.25, 0.3) is 0 Å². The lowest BCUT2D eigenvalue weighted by Crippen LogP contribution is -2.57. The minimum Gasteiger partial charge on any atom is -0.444 e. The summed E-state index contributed by atoms with van der Waals surface area (Å²) in [6, 6.07) is 15.3. The van der Waals surface area contributed by atoms with Crippen molar-refractivity contribution in [2.24, 2.45) is 0 Å². The van der Waals surface area contributed by atoms with Gasteiger partial charge in [-0.15, -0.1) is 0 Å². The summed E-state index contributed by atoms with van der Waals surface area (Å²) in [6.07, 6.45) is -1.16. The molecule has 0 radical (unpaired) electrons. The van der Waals surface area contributed by atoms with Crippen LogP contribution in [0.2, 0.25) is 0 Å². The topological polar surface area (TPSA) is 174 Å². The average molecular weight is 549 g/mol. The Morgan fingerprint density at radius 3 is 2.00 bits per heavy atom. The predicted molar refractivity (Wildman–Crippen MR) is 138 cm³/mol. The normalized spacial score (nSPS) is 13.5. The van der Waals surface area contributed by atoms with Crippen LogP contribution in [0, 0.1) is 0 Å². The van der Waals surface area contributed by atoms with Crippen LogP contribution in [-0.2, 0) is 36.8 Å². The van der Waals surface area contributed by atoms with Crippen LogP contribution in [0.1, 0.15) is 31.9 Å². The first-order valence-electron chi connectivity index (χ1n) is 11.8. The molecule has 0 aromatic heterocycles. The third-order valence-corrected chi connectivity index (χ3v) is 6.61. The molecule has 38 heavy (non-hydrogen) atoms. The van der Waals surface area contributed by atoms with Crippen LogP contribution in [-0.4, -0.2) is 62.9 Å². The summed E-state index contributed by atoms with van der Waals surface area (Å²) in [4.78, 5) is 70.3. The zero-order chi connectivity index (χ0) is 28.3. The van der Waals surface area contributed by atoms with Crippen LogP contribution in [0.15, 0.2) is 60.7 Å². The molecule has 0 spiro atoms. The van der Waals surface area contributed by atoms with E-state index in [0.29, 0.717) is 17.0 Å².